The van der Waals surface area contributed by atoms with Gasteiger partial charge in [0.2, 0.25) is 5.91 Å². The van der Waals surface area contributed by atoms with E-state index in [2.05, 4.69) is 11.4 Å². The van der Waals surface area contributed by atoms with E-state index in [1.807, 2.05) is 44.2 Å². The van der Waals surface area contributed by atoms with Crippen molar-refractivity contribution >= 4 is 17.8 Å². The van der Waals surface area contributed by atoms with Gasteiger partial charge < -0.3 is 15.8 Å². The van der Waals surface area contributed by atoms with Crippen LogP contribution in [0, 0.1) is 11.3 Å². The average molecular weight is 488 g/mol. The quantitative estimate of drug-likeness (QED) is 0.572. The number of hydrogen-bond acceptors (Lipinski definition) is 6. The fourth-order valence-electron chi connectivity index (χ4n) is 5.09. The molecule has 2 heterocycles. The second-order valence-corrected chi connectivity index (χ2v) is 9.38. The van der Waals surface area contributed by atoms with Crippen molar-refractivity contribution in [2.75, 3.05) is 6.61 Å². The highest BCUT2D eigenvalue weighted by molar-refractivity contribution is 6.00. The van der Waals surface area contributed by atoms with Gasteiger partial charge >= 0.3 is 0 Å². The Balaban J connectivity index is 1.61. The van der Waals surface area contributed by atoms with Gasteiger partial charge in [0, 0.05) is 24.0 Å². The van der Waals surface area contributed by atoms with Crippen LogP contribution < -0.4 is 15.8 Å². The number of nitrogens with zero attached hydrogens (tertiary/aromatic N) is 3. The molecule has 2 aromatic carbocycles. The highest BCUT2D eigenvalue weighted by Crippen LogP contribution is 2.36. The highest BCUT2D eigenvalue weighted by atomic mass is 16.5. The van der Waals surface area contributed by atoms with Crippen molar-refractivity contribution in [3.8, 4) is 11.8 Å². The van der Waals surface area contributed by atoms with Gasteiger partial charge in [0.05, 0.1) is 36.7 Å². The zero-order valence-corrected chi connectivity index (χ0v) is 20.9. The molecular formula is C28H33N5O3. The molecule has 3 N–H and O–H groups in total. The number of amides is 2. The van der Waals surface area contributed by atoms with Crippen molar-refractivity contribution in [2.45, 2.75) is 70.0 Å². The summed E-state index contributed by atoms with van der Waals surface area (Å²) in [6, 6.07) is 16.4. The lowest BCUT2D eigenvalue weighted by molar-refractivity contribution is -0.131. The molecule has 0 saturated carbocycles. The lowest BCUT2D eigenvalue weighted by Crippen LogP contribution is -2.52. The van der Waals surface area contributed by atoms with Crippen molar-refractivity contribution in [2.24, 2.45) is 10.7 Å². The molecule has 2 aliphatic heterocycles. The number of nitrogens with two attached hydrogens (primary N) is 1. The molecule has 188 valence electrons. The maximum Gasteiger partial charge on any atom is 0.251 e. The Morgan fingerprint density at radius 3 is 2.78 bits per heavy atom. The molecule has 4 rings (SSSR count). The van der Waals surface area contributed by atoms with Crippen LogP contribution in [0.15, 0.2) is 53.5 Å². The van der Waals surface area contributed by atoms with E-state index in [9.17, 15) is 14.9 Å². The number of nitrogens with one attached hydrogen (secondary N) is 1. The Kier molecular flexibility index (Phi) is 7.58. The van der Waals surface area contributed by atoms with E-state index in [0.717, 1.165) is 29.7 Å². The van der Waals surface area contributed by atoms with E-state index in [1.165, 1.54) is 4.90 Å². The molecule has 2 aromatic rings. The fourth-order valence-corrected chi connectivity index (χ4v) is 5.09. The number of benzene rings is 2. The Morgan fingerprint density at radius 1 is 1.28 bits per heavy atom. The summed E-state index contributed by atoms with van der Waals surface area (Å²) in [7, 11) is 0. The van der Waals surface area contributed by atoms with Gasteiger partial charge in [0.15, 0.2) is 5.96 Å². The summed E-state index contributed by atoms with van der Waals surface area (Å²) in [6.07, 6.45) is 3.02. The predicted octanol–water partition coefficient (Wildman–Crippen LogP) is 4.39. The molecule has 0 unspecified atom stereocenters. The number of ether oxygens (including phenoxy) is 1. The topological polar surface area (TPSA) is 121 Å². The molecular weight excluding hydrogens is 454 g/mol. The summed E-state index contributed by atoms with van der Waals surface area (Å²) >= 11 is 0. The maximum absolute atomic E-state index is 13.3. The zero-order chi connectivity index (χ0) is 25.7. The van der Waals surface area contributed by atoms with Gasteiger partial charge in [-0.2, -0.15) is 5.26 Å². The number of carbonyl (C=O) groups excluding carboxylic acids is 2. The maximum atomic E-state index is 13.3. The Bertz CT molecular complexity index is 1200. The van der Waals surface area contributed by atoms with Crippen LogP contribution in [0.2, 0.25) is 0 Å². The van der Waals surface area contributed by atoms with Crippen LogP contribution in [0.3, 0.4) is 0 Å². The summed E-state index contributed by atoms with van der Waals surface area (Å²) in [4.78, 5) is 32.8. The number of hydrogen-bond donors (Lipinski definition) is 2. The molecule has 0 aliphatic carbocycles. The second kappa shape index (κ2) is 10.8. The van der Waals surface area contributed by atoms with Gasteiger partial charge in [0.25, 0.3) is 5.91 Å². The summed E-state index contributed by atoms with van der Waals surface area (Å²) in [5, 5.41) is 12.4. The fraction of sp³-hybridized carbons (Fsp3) is 0.429. The lowest BCUT2D eigenvalue weighted by atomic mass is 9.87. The first-order valence-corrected chi connectivity index (χ1v) is 12.6. The summed E-state index contributed by atoms with van der Waals surface area (Å²) in [5.74, 6) is 0.641. The summed E-state index contributed by atoms with van der Waals surface area (Å²) in [5.41, 5.74) is 8.05. The SMILES string of the molecule is CCC1(CC)CC(=O)N([C@@H](CCC#N)c2cccc(C(=O)N[C@H]3CCOc4ccccc43)c2)C(N)=N1. The van der Waals surface area contributed by atoms with Crippen LogP contribution in [0.5, 0.6) is 5.75 Å². The van der Waals surface area contributed by atoms with Gasteiger partial charge in [-0.05, 0) is 43.0 Å². The first-order valence-electron chi connectivity index (χ1n) is 12.6. The van der Waals surface area contributed by atoms with Crippen molar-refractivity contribution in [3.63, 3.8) is 0 Å². The second-order valence-electron chi connectivity index (χ2n) is 9.38. The van der Waals surface area contributed by atoms with E-state index in [-0.39, 0.29) is 36.7 Å². The van der Waals surface area contributed by atoms with E-state index >= 15 is 0 Å². The molecule has 8 heteroatoms. The third-order valence-corrected chi connectivity index (χ3v) is 7.30. The number of carbonyl (C=O) groups is 2. The van der Waals surface area contributed by atoms with Gasteiger partial charge in [-0.3, -0.25) is 14.5 Å². The molecule has 0 radical (unpaired) electrons. The normalized spacial score (nSPS) is 19.4. The molecule has 0 saturated heterocycles. The van der Waals surface area contributed by atoms with Crippen LogP contribution in [0.25, 0.3) is 0 Å². The van der Waals surface area contributed by atoms with E-state index in [0.29, 0.717) is 25.0 Å². The minimum absolute atomic E-state index is 0.109. The smallest absolute Gasteiger partial charge is 0.251 e. The Morgan fingerprint density at radius 2 is 2.06 bits per heavy atom. The van der Waals surface area contributed by atoms with E-state index in [1.54, 1.807) is 18.2 Å². The molecule has 8 nitrogen and oxygen atoms in total. The molecule has 2 amide bonds. The van der Waals surface area contributed by atoms with Crippen molar-refractivity contribution in [1.29, 1.82) is 5.26 Å². The number of nitriles is 1. The van der Waals surface area contributed by atoms with E-state index in [4.69, 9.17) is 15.5 Å². The van der Waals surface area contributed by atoms with Crippen LogP contribution in [-0.2, 0) is 4.79 Å². The largest absolute Gasteiger partial charge is 0.493 e. The Hall–Kier alpha value is -3.86. The standard InChI is InChI=1S/C28H33N5O3/c1-3-28(4-2)18-25(34)33(27(30)32-28)23(12-8-15-29)19-9-7-10-20(17-19)26(35)31-22-14-16-36-24-13-6-5-11-21(22)24/h5-7,9-11,13,17,22-23H,3-4,8,12,14,16,18H2,1-2H3,(H2,30,32)(H,31,35)/t22-,23-/m0/s1. The number of guanidine groups is 1. The third-order valence-electron chi connectivity index (χ3n) is 7.30. The molecule has 0 bridgehead atoms. The first kappa shape index (κ1) is 25.2. The third kappa shape index (κ3) is 5.06. The van der Waals surface area contributed by atoms with Crippen LogP contribution in [0.4, 0.5) is 0 Å². The monoisotopic (exact) mass is 487 g/mol. The molecule has 0 fully saturated rings. The summed E-state index contributed by atoms with van der Waals surface area (Å²) < 4.78 is 5.71. The van der Waals surface area contributed by atoms with Gasteiger partial charge in [-0.1, -0.05) is 44.2 Å². The number of aliphatic imine (C=N–C) groups is 1. The van der Waals surface area contributed by atoms with Crippen molar-refractivity contribution in [1.82, 2.24) is 10.2 Å². The van der Waals surface area contributed by atoms with E-state index < -0.39 is 11.6 Å². The lowest BCUT2D eigenvalue weighted by Gasteiger charge is -2.40. The van der Waals surface area contributed by atoms with Crippen LogP contribution >= 0.6 is 0 Å². The average Bonchev–Trinajstić information content (AvgIpc) is 2.90. The number of fused-ring (bicyclic) bond motifs is 1. The van der Waals surface area contributed by atoms with Crippen molar-refractivity contribution < 1.29 is 14.3 Å². The molecule has 0 spiro atoms. The predicted molar refractivity (Wildman–Crippen MR) is 137 cm³/mol. The minimum atomic E-state index is -0.487. The number of para-hydroxylation sites is 1. The minimum Gasteiger partial charge on any atom is -0.493 e. The van der Waals surface area contributed by atoms with Gasteiger partial charge in [-0.25, -0.2) is 4.99 Å². The van der Waals surface area contributed by atoms with Crippen LogP contribution in [-0.4, -0.2) is 34.8 Å². The van der Waals surface area contributed by atoms with Crippen LogP contribution in [0.1, 0.15) is 85.9 Å². The number of rotatable bonds is 8. The zero-order valence-electron chi connectivity index (χ0n) is 20.9. The molecule has 2 atom stereocenters. The van der Waals surface area contributed by atoms with Crippen molar-refractivity contribution in [3.05, 3.63) is 65.2 Å². The Labute approximate surface area is 212 Å². The first-order chi connectivity index (χ1) is 17.4. The summed E-state index contributed by atoms with van der Waals surface area (Å²) in [6.45, 7) is 4.55. The highest BCUT2D eigenvalue weighted by Gasteiger charge is 2.40. The molecule has 36 heavy (non-hydrogen) atoms. The molecule has 2 aliphatic rings. The molecule has 0 aromatic heterocycles. The van der Waals surface area contributed by atoms with Gasteiger partial charge in [0.1, 0.15) is 5.75 Å². The van der Waals surface area contributed by atoms with Gasteiger partial charge in [-0.15, -0.1) is 0 Å².